The summed E-state index contributed by atoms with van der Waals surface area (Å²) in [6, 6.07) is 4.81. The minimum Gasteiger partial charge on any atom is -0.478 e. The van der Waals surface area contributed by atoms with Crippen LogP contribution in [0.1, 0.15) is 42.1 Å². The number of carboxylic acid groups (broad SMARTS) is 1. The number of anilines is 1. The van der Waals surface area contributed by atoms with Crippen LogP contribution in [0.15, 0.2) is 18.2 Å². The average Bonchev–Trinajstić information content (AvgIpc) is 2.25. The van der Waals surface area contributed by atoms with Crippen molar-refractivity contribution in [2.75, 3.05) is 5.32 Å². The fraction of sp³-hybridized carbons (Fsp3) is 0.467. The number of nitrogens with one attached hydrogen (secondary N) is 2. The summed E-state index contributed by atoms with van der Waals surface area (Å²) in [4.78, 5) is 23.2. The van der Waals surface area contributed by atoms with E-state index in [9.17, 15) is 14.7 Å². The zero-order valence-electron chi connectivity index (χ0n) is 11.8. The molecular formula is C15H20N2O3. The Balaban J connectivity index is 2.04. The van der Waals surface area contributed by atoms with Gasteiger partial charge in [0.05, 0.1) is 11.3 Å². The minimum absolute atomic E-state index is 0.113. The number of aryl methyl sites for hydroxylation is 1. The van der Waals surface area contributed by atoms with E-state index < -0.39 is 5.97 Å². The predicted molar refractivity (Wildman–Crippen MR) is 77.1 cm³/mol. The van der Waals surface area contributed by atoms with E-state index in [0.717, 1.165) is 12.8 Å². The van der Waals surface area contributed by atoms with Gasteiger partial charge < -0.3 is 15.7 Å². The van der Waals surface area contributed by atoms with Gasteiger partial charge in [0.15, 0.2) is 0 Å². The number of urea groups is 1. The van der Waals surface area contributed by atoms with Gasteiger partial charge in [0, 0.05) is 6.04 Å². The van der Waals surface area contributed by atoms with Crippen molar-refractivity contribution in [3.8, 4) is 0 Å². The number of carbonyl (C=O) groups excluding carboxylic acids is 1. The molecule has 1 aliphatic carbocycles. The first kappa shape index (κ1) is 14.4. The van der Waals surface area contributed by atoms with Crippen molar-refractivity contribution < 1.29 is 14.7 Å². The molecule has 0 heterocycles. The summed E-state index contributed by atoms with van der Waals surface area (Å²) in [5.41, 5.74) is 1.09. The highest BCUT2D eigenvalue weighted by Gasteiger charge is 2.25. The Morgan fingerprint density at radius 2 is 2.05 bits per heavy atom. The molecule has 2 rings (SSSR count). The summed E-state index contributed by atoms with van der Waals surface area (Å²) < 4.78 is 0. The molecule has 0 aliphatic heterocycles. The second kappa shape index (κ2) is 5.94. The molecule has 0 bridgehead atoms. The number of hydrogen-bond donors (Lipinski definition) is 3. The van der Waals surface area contributed by atoms with Gasteiger partial charge in [-0.05, 0) is 44.2 Å². The highest BCUT2D eigenvalue weighted by Crippen LogP contribution is 2.29. The third kappa shape index (κ3) is 3.10. The molecule has 0 aromatic heterocycles. The van der Waals surface area contributed by atoms with Crippen molar-refractivity contribution in [1.29, 1.82) is 0 Å². The lowest BCUT2D eigenvalue weighted by Gasteiger charge is -2.31. The van der Waals surface area contributed by atoms with E-state index in [-0.39, 0.29) is 17.6 Å². The summed E-state index contributed by atoms with van der Waals surface area (Å²) in [6.45, 7) is 3.70. The lowest BCUT2D eigenvalue weighted by Crippen LogP contribution is -2.42. The molecule has 0 saturated heterocycles. The number of hydrogen-bond acceptors (Lipinski definition) is 2. The van der Waals surface area contributed by atoms with E-state index in [1.165, 1.54) is 6.42 Å². The Morgan fingerprint density at radius 3 is 2.60 bits per heavy atom. The summed E-state index contributed by atoms with van der Waals surface area (Å²) in [7, 11) is 0. The number of aromatic carboxylic acids is 1. The molecule has 0 radical (unpaired) electrons. The SMILES string of the molecule is Cc1cccc(NC(=O)NC(C)C2CCC2)c1C(=O)O. The topological polar surface area (TPSA) is 78.4 Å². The second-order valence-electron chi connectivity index (χ2n) is 5.38. The van der Waals surface area contributed by atoms with Gasteiger partial charge in [-0.1, -0.05) is 18.6 Å². The summed E-state index contributed by atoms with van der Waals surface area (Å²) in [6.07, 6.45) is 3.51. The van der Waals surface area contributed by atoms with Crippen LogP contribution in [0.2, 0.25) is 0 Å². The molecule has 5 nitrogen and oxygen atoms in total. The van der Waals surface area contributed by atoms with Crippen molar-refractivity contribution in [3.05, 3.63) is 29.3 Å². The van der Waals surface area contributed by atoms with Crippen molar-refractivity contribution in [2.45, 2.75) is 39.2 Å². The van der Waals surface area contributed by atoms with Crippen molar-refractivity contribution >= 4 is 17.7 Å². The highest BCUT2D eigenvalue weighted by atomic mass is 16.4. The molecular weight excluding hydrogens is 256 g/mol. The van der Waals surface area contributed by atoms with Crippen molar-refractivity contribution in [1.82, 2.24) is 5.32 Å². The summed E-state index contributed by atoms with van der Waals surface area (Å²) in [5.74, 6) is -0.498. The van der Waals surface area contributed by atoms with Crippen molar-refractivity contribution in [3.63, 3.8) is 0 Å². The first-order chi connectivity index (χ1) is 9.49. The van der Waals surface area contributed by atoms with Gasteiger partial charge in [0.2, 0.25) is 0 Å². The van der Waals surface area contributed by atoms with Crippen LogP contribution >= 0.6 is 0 Å². The Hall–Kier alpha value is -2.04. The number of benzene rings is 1. The molecule has 1 atom stereocenters. The monoisotopic (exact) mass is 276 g/mol. The van der Waals surface area contributed by atoms with E-state index in [1.807, 2.05) is 6.92 Å². The lowest BCUT2D eigenvalue weighted by atomic mass is 9.80. The van der Waals surface area contributed by atoms with E-state index in [4.69, 9.17) is 0 Å². The molecule has 108 valence electrons. The normalized spacial score (nSPS) is 16.1. The predicted octanol–water partition coefficient (Wildman–Crippen LogP) is 3.00. The number of rotatable bonds is 4. The van der Waals surface area contributed by atoms with Gasteiger partial charge >= 0.3 is 12.0 Å². The fourth-order valence-electron chi connectivity index (χ4n) is 2.48. The van der Waals surface area contributed by atoms with Crippen LogP contribution in [-0.4, -0.2) is 23.1 Å². The third-order valence-electron chi connectivity index (χ3n) is 3.95. The molecule has 1 aromatic carbocycles. The molecule has 1 aromatic rings. The van der Waals surface area contributed by atoms with E-state index in [2.05, 4.69) is 10.6 Å². The molecule has 1 saturated carbocycles. The summed E-state index contributed by atoms with van der Waals surface area (Å²) >= 11 is 0. The van der Waals surface area contributed by atoms with E-state index >= 15 is 0 Å². The Kier molecular flexibility index (Phi) is 4.27. The Bertz CT molecular complexity index is 524. The van der Waals surface area contributed by atoms with E-state index in [1.54, 1.807) is 25.1 Å². The third-order valence-corrected chi connectivity index (χ3v) is 3.95. The van der Waals surface area contributed by atoms with Gasteiger partial charge in [-0.3, -0.25) is 0 Å². The molecule has 5 heteroatoms. The molecule has 3 N–H and O–H groups in total. The minimum atomic E-state index is -1.04. The van der Waals surface area contributed by atoms with Gasteiger partial charge in [0.25, 0.3) is 0 Å². The Morgan fingerprint density at radius 1 is 1.35 bits per heavy atom. The highest BCUT2D eigenvalue weighted by molar-refractivity contribution is 6.01. The molecule has 0 spiro atoms. The zero-order chi connectivity index (χ0) is 14.7. The van der Waals surface area contributed by atoms with Crippen LogP contribution in [0.5, 0.6) is 0 Å². The zero-order valence-corrected chi connectivity index (χ0v) is 11.8. The maximum Gasteiger partial charge on any atom is 0.338 e. The van der Waals surface area contributed by atoms with Crippen LogP contribution in [-0.2, 0) is 0 Å². The molecule has 1 fully saturated rings. The second-order valence-corrected chi connectivity index (χ2v) is 5.38. The number of amides is 2. The van der Waals surface area contributed by atoms with Crippen LogP contribution < -0.4 is 10.6 Å². The number of carbonyl (C=O) groups is 2. The standard InChI is InChI=1S/C15H20N2O3/c1-9-5-3-8-12(13(9)14(18)19)17-15(20)16-10(2)11-6-4-7-11/h3,5,8,10-11H,4,6-7H2,1-2H3,(H,18,19)(H2,16,17,20). The Labute approximate surface area is 118 Å². The number of carboxylic acids is 1. The smallest absolute Gasteiger partial charge is 0.338 e. The molecule has 2 amide bonds. The van der Waals surface area contributed by atoms with Crippen LogP contribution in [0.3, 0.4) is 0 Å². The van der Waals surface area contributed by atoms with Gasteiger partial charge in [-0.15, -0.1) is 0 Å². The summed E-state index contributed by atoms with van der Waals surface area (Å²) in [5, 5.41) is 14.7. The maximum absolute atomic E-state index is 11.9. The van der Waals surface area contributed by atoms with Crippen LogP contribution in [0.25, 0.3) is 0 Å². The largest absolute Gasteiger partial charge is 0.478 e. The molecule has 1 unspecified atom stereocenters. The lowest BCUT2D eigenvalue weighted by molar-refractivity contribution is 0.0697. The molecule has 20 heavy (non-hydrogen) atoms. The first-order valence-electron chi connectivity index (χ1n) is 6.89. The first-order valence-corrected chi connectivity index (χ1v) is 6.89. The van der Waals surface area contributed by atoms with Gasteiger partial charge in [-0.2, -0.15) is 0 Å². The van der Waals surface area contributed by atoms with Gasteiger partial charge in [-0.25, -0.2) is 9.59 Å². The quantitative estimate of drug-likeness (QED) is 0.791. The van der Waals surface area contributed by atoms with Gasteiger partial charge in [0.1, 0.15) is 0 Å². The van der Waals surface area contributed by atoms with Crippen LogP contribution in [0.4, 0.5) is 10.5 Å². The maximum atomic E-state index is 11.9. The van der Waals surface area contributed by atoms with Crippen molar-refractivity contribution in [2.24, 2.45) is 5.92 Å². The molecule has 1 aliphatic rings. The fourth-order valence-corrected chi connectivity index (χ4v) is 2.48. The van der Waals surface area contributed by atoms with Crippen LogP contribution in [0, 0.1) is 12.8 Å². The average molecular weight is 276 g/mol. The van der Waals surface area contributed by atoms with E-state index in [0.29, 0.717) is 17.2 Å².